The van der Waals surface area contributed by atoms with Crippen LogP contribution in [0, 0.1) is 5.92 Å². The Hall–Kier alpha value is -0.650. The van der Waals surface area contributed by atoms with E-state index in [1.165, 1.54) is 12.8 Å². The zero-order valence-electron chi connectivity index (χ0n) is 11.4. The number of ether oxygens (including phenoxy) is 2. The summed E-state index contributed by atoms with van der Waals surface area (Å²) in [5.41, 5.74) is 0. The van der Waals surface area contributed by atoms with Crippen LogP contribution in [0.15, 0.2) is 0 Å². The van der Waals surface area contributed by atoms with Crippen molar-refractivity contribution < 1.29 is 14.3 Å². The van der Waals surface area contributed by atoms with E-state index in [4.69, 9.17) is 9.47 Å². The lowest BCUT2D eigenvalue weighted by atomic mass is 9.93. The highest BCUT2D eigenvalue weighted by Crippen LogP contribution is 2.17. The fourth-order valence-electron chi connectivity index (χ4n) is 2.10. The van der Waals surface area contributed by atoms with Crippen LogP contribution in [-0.2, 0) is 14.3 Å². The molecule has 0 aromatic heterocycles. The zero-order valence-corrected chi connectivity index (χ0v) is 11.4. The second kappa shape index (κ2) is 10.3. The van der Waals surface area contributed by atoms with Crippen LogP contribution in [0.2, 0.25) is 0 Å². The van der Waals surface area contributed by atoms with Crippen LogP contribution in [0.1, 0.15) is 25.7 Å². The largest absolute Gasteiger partial charge is 0.382 e. The van der Waals surface area contributed by atoms with E-state index in [1.807, 2.05) is 0 Å². The van der Waals surface area contributed by atoms with Crippen LogP contribution in [0.25, 0.3) is 0 Å². The molecule has 0 saturated carbocycles. The fourth-order valence-corrected chi connectivity index (χ4v) is 2.10. The first-order valence-electron chi connectivity index (χ1n) is 6.87. The van der Waals surface area contributed by atoms with Crippen molar-refractivity contribution in [1.82, 2.24) is 10.6 Å². The van der Waals surface area contributed by atoms with Crippen molar-refractivity contribution in [2.45, 2.75) is 25.7 Å². The molecule has 0 aromatic rings. The van der Waals surface area contributed by atoms with Gasteiger partial charge >= 0.3 is 0 Å². The number of amides is 1. The predicted molar refractivity (Wildman–Crippen MR) is 70.5 cm³/mol. The number of carbonyl (C=O) groups excluding carboxylic acids is 1. The lowest BCUT2D eigenvalue weighted by Crippen LogP contribution is -2.30. The summed E-state index contributed by atoms with van der Waals surface area (Å²) in [6, 6.07) is 0. The first kappa shape index (κ1) is 15.4. The fraction of sp³-hybridized carbons (Fsp3) is 0.923. The van der Waals surface area contributed by atoms with Gasteiger partial charge < -0.3 is 20.1 Å². The van der Waals surface area contributed by atoms with Gasteiger partial charge in [0.1, 0.15) is 0 Å². The van der Waals surface area contributed by atoms with Crippen LogP contribution >= 0.6 is 0 Å². The Morgan fingerprint density at radius 2 is 2.06 bits per heavy atom. The molecule has 106 valence electrons. The number of hydrogen-bond donors (Lipinski definition) is 2. The van der Waals surface area contributed by atoms with E-state index >= 15 is 0 Å². The predicted octanol–water partition coefficient (Wildman–Crippen LogP) is 0.545. The number of methoxy groups -OCH3 is 1. The van der Waals surface area contributed by atoms with Gasteiger partial charge in [-0.25, -0.2) is 0 Å². The molecule has 5 nitrogen and oxygen atoms in total. The maximum atomic E-state index is 11.6. The smallest absolute Gasteiger partial charge is 0.220 e. The molecule has 2 N–H and O–H groups in total. The maximum Gasteiger partial charge on any atom is 0.220 e. The molecule has 0 atom stereocenters. The van der Waals surface area contributed by atoms with Gasteiger partial charge in [0.05, 0.1) is 19.8 Å². The molecule has 1 heterocycles. The highest BCUT2D eigenvalue weighted by Gasteiger charge is 2.14. The van der Waals surface area contributed by atoms with Crippen molar-refractivity contribution >= 4 is 5.91 Å². The Kier molecular flexibility index (Phi) is 8.81. The summed E-state index contributed by atoms with van der Waals surface area (Å²) in [4.78, 5) is 11.6. The maximum absolute atomic E-state index is 11.6. The topological polar surface area (TPSA) is 59.6 Å². The summed E-state index contributed by atoms with van der Waals surface area (Å²) in [5.74, 6) is 0.860. The van der Waals surface area contributed by atoms with Crippen molar-refractivity contribution in [3.05, 3.63) is 0 Å². The monoisotopic (exact) mass is 258 g/mol. The molecule has 0 aromatic carbocycles. The minimum absolute atomic E-state index is 0.142. The molecular formula is C13H26N2O3. The molecule has 1 fully saturated rings. The lowest BCUT2D eigenvalue weighted by Gasteiger charge is -2.22. The Morgan fingerprint density at radius 3 is 2.78 bits per heavy atom. The first-order chi connectivity index (χ1) is 8.83. The Labute approximate surface area is 110 Å². The number of piperidine rings is 1. The van der Waals surface area contributed by atoms with Crippen molar-refractivity contribution in [3.63, 3.8) is 0 Å². The number of nitrogens with one attached hydrogen (secondary N) is 2. The van der Waals surface area contributed by atoms with Crippen molar-refractivity contribution in [1.29, 1.82) is 0 Å². The number of hydrogen-bond acceptors (Lipinski definition) is 4. The molecule has 1 rings (SSSR count). The van der Waals surface area contributed by atoms with E-state index in [9.17, 15) is 4.79 Å². The van der Waals surface area contributed by atoms with Gasteiger partial charge in [-0.05, 0) is 38.3 Å². The molecule has 18 heavy (non-hydrogen) atoms. The standard InChI is InChI=1S/C13H26N2O3/c1-17-10-11-18-9-8-15-13(16)3-2-12-4-6-14-7-5-12/h12,14H,2-11H2,1H3,(H,15,16). The van der Waals surface area contributed by atoms with Crippen LogP contribution in [-0.4, -0.2) is 52.5 Å². The number of rotatable bonds is 9. The summed E-state index contributed by atoms with van der Waals surface area (Å²) >= 11 is 0. The van der Waals surface area contributed by atoms with E-state index < -0.39 is 0 Å². The molecule has 0 spiro atoms. The second-order valence-electron chi connectivity index (χ2n) is 4.69. The van der Waals surface area contributed by atoms with Gasteiger partial charge in [-0.3, -0.25) is 4.79 Å². The van der Waals surface area contributed by atoms with Crippen LogP contribution < -0.4 is 10.6 Å². The molecule has 1 amide bonds. The van der Waals surface area contributed by atoms with Crippen molar-refractivity contribution in [2.75, 3.05) is 46.6 Å². The molecule has 0 bridgehead atoms. The molecule has 1 aliphatic rings. The number of carbonyl (C=O) groups is 1. The van der Waals surface area contributed by atoms with E-state index in [-0.39, 0.29) is 5.91 Å². The lowest BCUT2D eigenvalue weighted by molar-refractivity contribution is -0.121. The first-order valence-corrected chi connectivity index (χ1v) is 6.87. The molecule has 1 aliphatic heterocycles. The van der Waals surface area contributed by atoms with Crippen molar-refractivity contribution in [3.8, 4) is 0 Å². The average Bonchev–Trinajstić information content (AvgIpc) is 2.41. The van der Waals surface area contributed by atoms with E-state index in [0.29, 0.717) is 32.8 Å². The highest BCUT2D eigenvalue weighted by atomic mass is 16.5. The zero-order chi connectivity index (χ0) is 13.1. The third-order valence-corrected chi connectivity index (χ3v) is 3.24. The Balaban J connectivity index is 1.90. The molecular weight excluding hydrogens is 232 g/mol. The summed E-state index contributed by atoms with van der Waals surface area (Å²) in [5, 5.41) is 6.21. The van der Waals surface area contributed by atoms with Gasteiger partial charge in [0.15, 0.2) is 0 Å². The van der Waals surface area contributed by atoms with Gasteiger partial charge in [0, 0.05) is 20.1 Å². The van der Waals surface area contributed by atoms with Crippen LogP contribution in [0.3, 0.4) is 0 Å². The molecule has 0 radical (unpaired) electrons. The van der Waals surface area contributed by atoms with Gasteiger partial charge in [-0.2, -0.15) is 0 Å². The average molecular weight is 258 g/mol. The normalized spacial score (nSPS) is 16.7. The van der Waals surface area contributed by atoms with Gasteiger partial charge in [0.25, 0.3) is 0 Å². The summed E-state index contributed by atoms with van der Waals surface area (Å²) in [6.07, 6.45) is 4.06. The molecule has 0 unspecified atom stereocenters. The van der Waals surface area contributed by atoms with Crippen LogP contribution in [0.5, 0.6) is 0 Å². The van der Waals surface area contributed by atoms with Crippen LogP contribution in [0.4, 0.5) is 0 Å². The second-order valence-corrected chi connectivity index (χ2v) is 4.69. The van der Waals surface area contributed by atoms with Gasteiger partial charge in [0.2, 0.25) is 5.91 Å². The minimum Gasteiger partial charge on any atom is -0.382 e. The SMILES string of the molecule is COCCOCCNC(=O)CCC1CCNCC1. The third kappa shape index (κ3) is 7.63. The summed E-state index contributed by atoms with van der Waals surface area (Å²) < 4.78 is 10.1. The molecule has 5 heteroatoms. The quantitative estimate of drug-likeness (QED) is 0.593. The Bertz CT molecular complexity index is 218. The van der Waals surface area contributed by atoms with E-state index in [2.05, 4.69) is 10.6 Å². The van der Waals surface area contributed by atoms with E-state index in [1.54, 1.807) is 7.11 Å². The van der Waals surface area contributed by atoms with E-state index in [0.717, 1.165) is 25.4 Å². The van der Waals surface area contributed by atoms with Gasteiger partial charge in [-0.15, -0.1) is 0 Å². The summed E-state index contributed by atoms with van der Waals surface area (Å²) in [6.45, 7) is 4.53. The van der Waals surface area contributed by atoms with Crippen molar-refractivity contribution in [2.24, 2.45) is 5.92 Å². The third-order valence-electron chi connectivity index (χ3n) is 3.24. The van der Waals surface area contributed by atoms with Gasteiger partial charge in [-0.1, -0.05) is 0 Å². The Morgan fingerprint density at radius 1 is 1.28 bits per heavy atom. The minimum atomic E-state index is 0.142. The molecule has 0 aliphatic carbocycles. The molecule has 1 saturated heterocycles. The summed E-state index contributed by atoms with van der Waals surface area (Å²) in [7, 11) is 1.64. The highest BCUT2D eigenvalue weighted by molar-refractivity contribution is 5.75.